The Balaban J connectivity index is 1.25. The van der Waals surface area contributed by atoms with Crippen LogP contribution in [0.3, 0.4) is 0 Å². The van der Waals surface area contributed by atoms with E-state index < -0.39 is 6.10 Å². The summed E-state index contributed by atoms with van der Waals surface area (Å²) in [5, 5.41) is 18.7. The van der Waals surface area contributed by atoms with Crippen LogP contribution in [0, 0.1) is 0 Å². The van der Waals surface area contributed by atoms with Gasteiger partial charge in [0.2, 0.25) is 5.89 Å². The molecule has 0 amide bonds. The summed E-state index contributed by atoms with van der Waals surface area (Å²) in [6.45, 7) is 0.178. The number of benzene rings is 3. The second-order valence-electron chi connectivity index (χ2n) is 6.77. The van der Waals surface area contributed by atoms with Crippen LogP contribution in [0.5, 0.6) is 11.5 Å². The Morgan fingerprint density at radius 2 is 1.48 bits per heavy atom. The van der Waals surface area contributed by atoms with Gasteiger partial charge in [-0.1, -0.05) is 54.2 Å². The van der Waals surface area contributed by atoms with E-state index in [9.17, 15) is 5.11 Å². The number of thioether (sulfide) groups is 1. The number of hydrogen-bond donors (Lipinski definition) is 1. The zero-order chi connectivity index (χ0) is 21.5. The van der Waals surface area contributed by atoms with Gasteiger partial charge < -0.3 is 19.0 Å². The van der Waals surface area contributed by atoms with Crippen molar-refractivity contribution in [3.8, 4) is 34.1 Å². The summed E-state index contributed by atoms with van der Waals surface area (Å²) >= 11 is 1.29. The smallest absolute Gasteiger partial charge is 0.276 e. The van der Waals surface area contributed by atoms with E-state index in [1.54, 1.807) is 7.11 Å². The first-order chi connectivity index (χ1) is 15.2. The van der Waals surface area contributed by atoms with Crippen molar-refractivity contribution in [3.05, 3.63) is 78.9 Å². The van der Waals surface area contributed by atoms with Crippen molar-refractivity contribution >= 4 is 11.8 Å². The first-order valence-corrected chi connectivity index (χ1v) is 10.8. The molecule has 7 heteroatoms. The Labute approximate surface area is 184 Å². The van der Waals surface area contributed by atoms with Gasteiger partial charge in [0.25, 0.3) is 5.22 Å². The van der Waals surface area contributed by atoms with Gasteiger partial charge in [-0.2, -0.15) is 0 Å². The first kappa shape index (κ1) is 21.0. The van der Waals surface area contributed by atoms with Crippen LogP contribution >= 0.6 is 11.8 Å². The van der Waals surface area contributed by atoms with Gasteiger partial charge in [0.15, 0.2) is 0 Å². The lowest BCUT2D eigenvalue weighted by molar-refractivity contribution is 0.126. The fourth-order valence-corrected chi connectivity index (χ4v) is 3.57. The molecule has 3 aromatic carbocycles. The van der Waals surface area contributed by atoms with Gasteiger partial charge in [-0.15, -0.1) is 10.2 Å². The molecule has 0 aliphatic rings. The summed E-state index contributed by atoms with van der Waals surface area (Å²) in [4.78, 5) is 0. The van der Waals surface area contributed by atoms with E-state index >= 15 is 0 Å². The van der Waals surface area contributed by atoms with Crippen LogP contribution < -0.4 is 9.47 Å². The summed E-state index contributed by atoms with van der Waals surface area (Å²) in [7, 11) is 1.62. The van der Waals surface area contributed by atoms with Crippen LogP contribution in [0.1, 0.15) is 0 Å². The number of hydrogen-bond acceptors (Lipinski definition) is 7. The maximum Gasteiger partial charge on any atom is 0.276 e. The third-order valence-corrected chi connectivity index (χ3v) is 5.51. The van der Waals surface area contributed by atoms with Crippen molar-refractivity contribution in [2.45, 2.75) is 11.3 Å². The fourth-order valence-electron chi connectivity index (χ4n) is 2.90. The molecular formula is C24H22N2O4S. The third-order valence-electron chi connectivity index (χ3n) is 4.55. The number of aromatic nitrogens is 2. The SMILES string of the molecule is COc1ccc(-c2nnc(SCC(O)COc3ccc(-c4ccccc4)cc3)o2)cc1. The summed E-state index contributed by atoms with van der Waals surface area (Å²) in [6.07, 6.45) is -0.671. The Bertz CT molecular complexity index is 1080. The van der Waals surface area contributed by atoms with E-state index in [-0.39, 0.29) is 6.61 Å². The highest BCUT2D eigenvalue weighted by molar-refractivity contribution is 7.99. The molecule has 4 rings (SSSR count). The number of rotatable bonds is 9. The molecular weight excluding hydrogens is 412 g/mol. The predicted molar refractivity (Wildman–Crippen MR) is 120 cm³/mol. The van der Waals surface area contributed by atoms with Gasteiger partial charge in [-0.3, -0.25) is 0 Å². The van der Waals surface area contributed by atoms with Crippen molar-refractivity contribution < 1.29 is 19.0 Å². The molecule has 0 saturated heterocycles. The van der Waals surface area contributed by atoms with Gasteiger partial charge >= 0.3 is 0 Å². The number of aliphatic hydroxyl groups is 1. The molecule has 1 atom stereocenters. The topological polar surface area (TPSA) is 77.6 Å². The second kappa shape index (κ2) is 10.1. The van der Waals surface area contributed by atoms with Gasteiger partial charge in [-0.25, -0.2) is 0 Å². The van der Waals surface area contributed by atoms with Gasteiger partial charge in [-0.05, 0) is 47.5 Å². The zero-order valence-electron chi connectivity index (χ0n) is 17.0. The molecule has 31 heavy (non-hydrogen) atoms. The molecule has 0 radical (unpaired) electrons. The van der Waals surface area contributed by atoms with Crippen molar-refractivity contribution in [2.24, 2.45) is 0 Å². The molecule has 0 spiro atoms. The minimum absolute atomic E-state index is 0.178. The fraction of sp³-hybridized carbons (Fsp3) is 0.167. The molecule has 0 bridgehead atoms. The van der Waals surface area contributed by atoms with E-state index in [1.165, 1.54) is 11.8 Å². The van der Waals surface area contributed by atoms with Crippen molar-refractivity contribution in [3.63, 3.8) is 0 Å². The van der Waals surface area contributed by atoms with Crippen LogP contribution in [0.2, 0.25) is 0 Å². The number of ether oxygens (including phenoxy) is 2. The molecule has 4 aromatic rings. The van der Waals surface area contributed by atoms with Crippen molar-refractivity contribution in [1.29, 1.82) is 0 Å². The molecule has 1 aromatic heterocycles. The van der Waals surface area contributed by atoms with Crippen LogP contribution in [0.15, 0.2) is 88.5 Å². The largest absolute Gasteiger partial charge is 0.497 e. The van der Waals surface area contributed by atoms with E-state index in [1.807, 2.05) is 66.7 Å². The zero-order valence-corrected chi connectivity index (χ0v) is 17.8. The summed E-state index contributed by atoms with van der Waals surface area (Å²) < 4.78 is 16.5. The lowest BCUT2D eigenvalue weighted by atomic mass is 10.1. The Morgan fingerprint density at radius 3 is 2.19 bits per heavy atom. The van der Waals surface area contributed by atoms with E-state index in [4.69, 9.17) is 13.9 Å². The van der Waals surface area contributed by atoms with Crippen molar-refractivity contribution in [1.82, 2.24) is 10.2 Å². The molecule has 1 unspecified atom stereocenters. The highest BCUT2D eigenvalue weighted by atomic mass is 32.2. The Morgan fingerprint density at radius 1 is 0.839 bits per heavy atom. The minimum atomic E-state index is -0.671. The standard InChI is InChI=1S/C24H22N2O4S/c1-28-21-11-9-19(10-12-21)23-25-26-24(30-23)31-16-20(27)15-29-22-13-7-18(8-14-22)17-5-3-2-4-6-17/h2-14,20,27H,15-16H2,1H3. The molecule has 1 N–H and O–H groups in total. The van der Waals surface area contributed by atoms with Crippen LogP contribution in [-0.4, -0.2) is 40.9 Å². The van der Waals surface area contributed by atoms with Gasteiger partial charge in [0.05, 0.1) is 13.2 Å². The normalized spacial score (nSPS) is 11.8. The summed E-state index contributed by atoms with van der Waals surface area (Å²) in [5.41, 5.74) is 3.08. The lowest BCUT2D eigenvalue weighted by Crippen LogP contribution is -2.20. The lowest BCUT2D eigenvalue weighted by Gasteiger charge is -2.11. The molecule has 158 valence electrons. The average Bonchev–Trinajstić information content (AvgIpc) is 3.31. The highest BCUT2D eigenvalue weighted by Crippen LogP contribution is 2.26. The molecule has 0 saturated carbocycles. The number of aliphatic hydroxyl groups excluding tert-OH is 1. The Kier molecular flexibility index (Phi) is 6.86. The molecule has 6 nitrogen and oxygen atoms in total. The average molecular weight is 435 g/mol. The second-order valence-corrected chi connectivity index (χ2v) is 7.74. The van der Waals surface area contributed by atoms with E-state index in [0.717, 1.165) is 22.4 Å². The highest BCUT2D eigenvalue weighted by Gasteiger charge is 2.13. The maximum absolute atomic E-state index is 10.2. The van der Waals surface area contributed by atoms with Gasteiger partial charge in [0.1, 0.15) is 18.1 Å². The number of nitrogens with zero attached hydrogens (tertiary/aromatic N) is 2. The molecule has 0 fully saturated rings. The summed E-state index contributed by atoms with van der Waals surface area (Å²) in [6, 6.07) is 25.3. The van der Waals surface area contributed by atoms with E-state index in [0.29, 0.717) is 22.6 Å². The molecule has 1 heterocycles. The summed E-state index contributed by atoms with van der Waals surface area (Å²) in [5.74, 6) is 2.28. The third kappa shape index (κ3) is 5.65. The Hall–Kier alpha value is -3.29. The van der Waals surface area contributed by atoms with E-state index in [2.05, 4.69) is 22.3 Å². The van der Waals surface area contributed by atoms with Crippen LogP contribution in [-0.2, 0) is 0 Å². The van der Waals surface area contributed by atoms with Crippen LogP contribution in [0.25, 0.3) is 22.6 Å². The quantitative estimate of drug-likeness (QED) is 0.374. The molecule has 0 aliphatic heterocycles. The first-order valence-electron chi connectivity index (χ1n) is 9.78. The minimum Gasteiger partial charge on any atom is -0.497 e. The monoisotopic (exact) mass is 434 g/mol. The molecule has 0 aliphatic carbocycles. The maximum atomic E-state index is 10.2. The van der Waals surface area contributed by atoms with Crippen LogP contribution in [0.4, 0.5) is 0 Å². The number of methoxy groups -OCH3 is 1. The predicted octanol–water partition coefficient (Wildman–Crippen LogP) is 4.94. The van der Waals surface area contributed by atoms with Crippen molar-refractivity contribution in [2.75, 3.05) is 19.5 Å². The van der Waals surface area contributed by atoms with Gasteiger partial charge in [0, 0.05) is 11.3 Å².